The molecule has 2 N–H and O–H groups in total. The molecule has 1 heterocycles. The van der Waals surface area contributed by atoms with Crippen LogP contribution in [0.2, 0.25) is 0 Å². The first-order valence-electron chi connectivity index (χ1n) is 4.05. The fourth-order valence-electron chi connectivity index (χ4n) is 1.10. The lowest BCUT2D eigenvalue weighted by Gasteiger charge is -2.02. The fraction of sp³-hybridized carbons (Fsp3) is 0.500. The van der Waals surface area contributed by atoms with Gasteiger partial charge in [0.1, 0.15) is 5.69 Å². The van der Waals surface area contributed by atoms with Gasteiger partial charge in [-0.1, -0.05) is 0 Å². The van der Waals surface area contributed by atoms with E-state index in [1.807, 2.05) is 0 Å². The van der Waals surface area contributed by atoms with Crippen molar-refractivity contribution in [1.82, 2.24) is 9.78 Å². The maximum atomic E-state index is 12.4. The lowest BCUT2D eigenvalue weighted by molar-refractivity contribution is 0.0953. The zero-order valence-electron chi connectivity index (χ0n) is 7.87. The van der Waals surface area contributed by atoms with Crippen molar-refractivity contribution in [3.63, 3.8) is 0 Å². The standard InChI is InChI=1S/C8H11F2N3O/c1-4(11)7(14)5-3-13(2)12-6(5)8(9)10/h3-4,8H,11H2,1-2H3. The maximum absolute atomic E-state index is 12.4. The Hall–Kier alpha value is -1.30. The van der Waals surface area contributed by atoms with Crippen molar-refractivity contribution in [1.29, 1.82) is 0 Å². The van der Waals surface area contributed by atoms with Crippen LogP contribution in [0.5, 0.6) is 0 Å². The molecule has 1 atom stereocenters. The van der Waals surface area contributed by atoms with Crippen LogP contribution in [0.15, 0.2) is 6.20 Å². The summed E-state index contributed by atoms with van der Waals surface area (Å²) < 4.78 is 26.0. The van der Waals surface area contributed by atoms with Crippen LogP contribution in [0, 0.1) is 0 Å². The topological polar surface area (TPSA) is 60.9 Å². The number of rotatable bonds is 3. The van der Waals surface area contributed by atoms with Crippen molar-refractivity contribution in [3.05, 3.63) is 17.5 Å². The molecule has 0 aliphatic rings. The van der Waals surface area contributed by atoms with Crippen molar-refractivity contribution in [2.75, 3.05) is 0 Å². The van der Waals surface area contributed by atoms with E-state index in [9.17, 15) is 13.6 Å². The van der Waals surface area contributed by atoms with Crippen LogP contribution in [0.25, 0.3) is 0 Å². The Kier molecular flexibility index (Phi) is 2.95. The molecule has 4 nitrogen and oxygen atoms in total. The van der Waals surface area contributed by atoms with E-state index in [1.165, 1.54) is 24.9 Å². The number of ketones is 1. The Morgan fingerprint density at radius 3 is 2.64 bits per heavy atom. The van der Waals surface area contributed by atoms with Crippen LogP contribution in [-0.2, 0) is 7.05 Å². The first-order chi connectivity index (χ1) is 6.43. The van der Waals surface area contributed by atoms with E-state index in [-0.39, 0.29) is 5.56 Å². The second-order valence-corrected chi connectivity index (χ2v) is 3.06. The lowest BCUT2D eigenvalue weighted by Crippen LogP contribution is -2.27. The van der Waals surface area contributed by atoms with Gasteiger partial charge in [0.15, 0.2) is 5.78 Å². The second-order valence-electron chi connectivity index (χ2n) is 3.06. The van der Waals surface area contributed by atoms with Crippen LogP contribution in [0.3, 0.4) is 0 Å². The monoisotopic (exact) mass is 203 g/mol. The predicted octanol–water partition coefficient (Wildman–Crippen LogP) is 0.888. The third kappa shape index (κ3) is 1.95. The molecule has 0 aliphatic heterocycles. The first kappa shape index (κ1) is 10.8. The summed E-state index contributed by atoms with van der Waals surface area (Å²) in [6, 6.07) is -0.795. The molecular weight excluding hydrogens is 192 g/mol. The molecule has 1 aromatic rings. The average Bonchev–Trinajstić information content (AvgIpc) is 2.45. The number of aryl methyl sites for hydroxylation is 1. The maximum Gasteiger partial charge on any atom is 0.282 e. The van der Waals surface area contributed by atoms with Crippen molar-refractivity contribution >= 4 is 5.78 Å². The van der Waals surface area contributed by atoms with E-state index < -0.39 is 23.9 Å². The molecule has 78 valence electrons. The molecule has 6 heteroatoms. The molecule has 0 fully saturated rings. The Morgan fingerprint density at radius 1 is 1.64 bits per heavy atom. The predicted molar refractivity (Wildman–Crippen MR) is 46.1 cm³/mol. The number of alkyl halides is 2. The summed E-state index contributed by atoms with van der Waals surface area (Å²) in [6.45, 7) is 1.45. The largest absolute Gasteiger partial charge is 0.321 e. The normalized spacial score (nSPS) is 13.3. The van der Waals surface area contributed by atoms with E-state index in [2.05, 4.69) is 5.10 Å². The highest BCUT2D eigenvalue weighted by Gasteiger charge is 2.24. The van der Waals surface area contributed by atoms with Gasteiger partial charge in [-0.3, -0.25) is 9.48 Å². The Bertz CT molecular complexity index is 346. The molecule has 1 unspecified atom stereocenters. The number of halogens is 2. The fourth-order valence-corrected chi connectivity index (χ4v) is 1.10. The van der Waals surface area contributed by atoms with E-state index in [0.717, 1.165) is 0 Å². The van der Waals surface area contributed by atoms with Gasteiger partial charge in [0.2, 0.25) is 0 Å². The highest BCUT2D eigenvalue weighted by atomic mass is 19.3. The van der Waals surface area contributed by atoms with E-state index in [0.29, 0.717) is 0 Å². The number of hydrogen-bond donors (Lipinski definition) is 1. The second kappa shape index (κ2) is 3.83. The van der Waals surface area contributed by atoms with Crippen molar-refractivity contribution in [2.45, 2.75) is 19.4 Å². The third-order valence-electron chi connectivity index (χ3n) is 1.74. The van der Waals surface area contributed by atoms with Crippen molar-refractivity contribution in [2.24, 2.45) is 12.8 Å². The van der Waals surface area contributed by atoms with Gasteiger partial charge in [-0.2, -0.15) is 5.10 Å². The molecule has 0 spiro atoms. The van der Waals surface area contributed by atoms with Gasteiger partial charge >= 0.3 is 0 Å². The number of carbonyl (C=O) groups is 1. The SMILES string of the molecule is CC(N)C(=O)c1cn(C)nc1C(F)F. The summed E-state index contributed by atoms with van der Waals surface area (Å²) in [7, 11) is 1.48. The average molecular weight is 203 g/mol. The minimum absolute atomic E-state index is 0.0995. The van der Waals surface area contributed by atoms with Crippen LogP contribution >= 0.6 is 0 Å². The smallest absolute Gasteiger partial charge is 0.282 e. The van der Waals surface area contributed by atoms with Crippen LogP contribution in [0.1, 0.15) is 29.4 Å². The molecule has 0 aromatic carbocycles. The Morgan fingerprint density at radius 2 is 2.21 bits per heavy atom. The van der Waals surface area contributed by atoms with Gasteiger partial charge in [-0.05, 0) is 6.92 Å². The van der Waals surface area contributed by atoms with Crippen LogP contribution in [-0.4, -0.2) is 21.6 Å². The third-order valence-corrected chi connectivity index (χ3v) is 1.74. The summed E-state index contributed by atoms with van der Waals surface area (Å²) in [5, 5.41) is 3.50. The summed E-state index contributed by atoms with van der Waals surface area (Å²) >= 11 is 0. The van der Waals surface area contributed by atoms with Gasteiger partial charge in [0, 0.05) is 13.2 Å². The summed E-state index contributed by atoms with van der Waals surface area (Å²) in [4.78, 5) is 11.4. The van der Waals surface area contributed by atoms with Gasteiger partial charge < -0.3 is 5.73 Å². The van der Waals surface area contributed by atoms with E-state index in [4.69, 9.17) is 5.73 Å². The molecular formula is C8H11F2N3O. The summed E-state index contributed by atoms with van der Waals surface area (Å²) in [5.41, 5.74) is 4.71. The number of aromatic nitrogens is 2. The highest BCUT2D eigenvalue weighted by molar-refractivity contribution is 6.00. The number of Topliss-reactive ketones (excluding diaryl/α,β-unsaturated/α-hetero) is 1. The summed E-state index contributed by atoms with van der Waals surface area (Å²) in [5.74, 6) is -0.520. The quantitative estimate of drug-likeness (QED) is 0.742. The zero-order chi connectivity index (χ0) is 10.9. The molecule has 14 heavy (non-hydrogen) atoms. The molecule has 0 radical (unpaired) electrons. The minimum Gasteiger partial charge on any atom is -0.321 e. The molecule has 0 saturated heterocycles. The molecule has 0 aliphatic carbocycles. The number of nitrogens with zero attached hydrogens (tertiary/aromatic N) is 2. The van der Waals surface area contributed by atoms with Gasteiger partial charge in [0.25, 0.3) is 6.43 Å². The van der Waals surface area contributed by atoms with Crippen molar-refractivity contribution < 1.29 is 13.6 Å². The molecule has 1 aromatic heterocycles. The highest BCUT2D eigenvalue weighted by Crippen LogP contribution is 2.21. The number of nitrogens with two attached hydrogens (primary N) is 1. The van der Waals surface area contributed by atoms with Gasteiger partial charge in [0.05, 0.1) is 11.6 Å². The van der Waals surface area contributed by atoms with Crippen LogP contribution < -0.4 is 5.73 Å². The van der Waals surface area contributed by atoms with Gasteiger partial charge in [-0.25, -0.2) is 8.78 Å². The zero-order valence-corrected chi connectivity index (χ0v) is 7.87. The van der Waals surface area contributed by atoms with E-state index in [1.54, 1.807) is 0 Å². The van der Waals surface area contributed by atoms with Crippen molar-refractivity contribution in [3.8, 4) is 0 Å². The number of hydrogen-bond acceptors (Lipinski definition) is 3. The summed E-state index contributed by atoms with van der Waals surface area (Å²) in [6.07, 6.45) is -1.50. The molecule has 0 amide bonds. The molecule has 0 saturated carbocycles. The van der Waals surface area contributed by atoms with Crippen LogP contribution in [0.4, 0.5) is 8.78 Å². The molecule has 0 bridgehead atoms. The minimum atomic E-state index is -2.76. The molecule has 1 rings (SSSR count). The Labute approximate surface area is 79.7 Å². The van der Waals surface area contributed by atoms with Gasteiger partial charge in [-0.15, -0.1) is 0 Å². The Balaban J connectivity index is 3.13. The first-order valence-corrected chi connectivity index (χ1v) is 4.05. The lowest BCUT2D eigenvalue weighted by atomic mass is 10.1. The number of carbonyl (C=O) groups excluding carboxylic acids is 1. The van der Waals surface area contributed by atoms with E-state index >= 15 is 0 Å².